The number of likely N-dealkylation sites (tertiary alicyclic amines) is 1. The lowest BCUT2D eigenvalue weighted by molar-refractivity contribution is 0.178. The van der Waals surface area contributed by atoms with Crippen molar-refractivity contribution < 1.29 is 4.39 Å². The van der Waals surface area contributed by atoms with Crippen LogP contribution in [0.4, 0.5) is 4.39 Å². The van der Waals surface area contributed by atoms with Crippen molar-refractivity contribution in [3.05, 3.63) is 35.6 Å². The topological polar surface area (TPSA) is 15.3 Å². The molecule has 100 valence electrons. The van der Waals surface area contributed by atoms with Crippen LogP contribution in [0.3, 0.4) is 0 Å². The number of hydrogen-bond donors (Lipinski definition) is 1. The lowest BCUT2D eigenvalue weighted by Crippen LogP contribution is -2.47. The third-order valence-corrected chi connectivity index (χ3v) is 3.37. The zero-order valence-electron chi connectivity index (χ0n) is 11.3. The predicted octanol–water partition coefficient (Wildman–Crippen LogP) is 2.79. The third-order valence-electron chi connectivity index (χ3n) is 3.37. The Bertz CT molecular complexity index is 379. The highest BCUT2D eigenvalue weighted by Crippen LogP contribution is 2.14. The van der Waals surface area contributed by atoms with Crippen LogP contribution in [0.2, 0.25) is 0 Å². The summed E-state index contributed by atoms with van der Waals surface area (Å²) in [5, 5.41) is 3.59. The van der Waals surface area contributed by atoms with Crippen LogP contribution in [0, 0.1) is 5.82 Å². The molecule has 0 aromatic heterocycles. The fourth-order valence-corrected chi connectivity index (χ4v) is 2.70. The van der Waals surface area contributed by atoms with E-state index in [9.17, 15) is 4.39 Å². The van der Waals surface area contributed by atoms with Gasteiger partial charge in [0.15, 0.2) is 0 Å². The molecule has 1 heterocycles. The summed E-state index contributed by atoms with van der Waals surface area (Å²) in [6, 6.07) is 8.04. The van der Waals surface area contributed by atoms with Crippen LogP contribution >= 0.6 is 0 Å². The molecular weight excluding hydrogens is 227 g/mol. The normalized spacial score (nSPS) is 21.4. The molecule has 2 rings (SSSR count). The first-order chi connectivity index (χ1) is 8.63. The van der Waals surface area contributed by atoms with Crippen molar-refractivity contribution in [3.8, 4) is 0 Å². The third kappa shape index (κ3) is 4.07. The minimum absolute atomic E-state index is 0.138. The zero-order valence-corrected chi connectivity index (χ0v) is 11.3. The summed E-state index contributed by atoms with van der Waals surface area (Å²) in [6.45, 7) is 7.41. The molecule has 1 aromatic carbocycles. The molecule has 1 aliphatic rings. The first kappa shape index (κ1) is 13.5. The second-order valence-corrected chi connectivity index (χ2v) is 5.53. The molecule has 1 aromatic rings. The molecule has 0 amide bonds. The van der Waals surface area contributed by atoms with Crippen LogP contribution in [-0.2, 0) is 6.54 Å². The van der Waals surface area contributed by atoms with E-state index in [1.165, 1.54) is 18.9 Å². The minimum atomic E-state index is -0.138. The predicted molar refractivity (Wildman–Crippen MR) is 73.0 cm³/mol. The summed E-state index contributed by atoms with van der Waals surface area (Å²) < 4.78 is 13.1. The van der Waals surface area contributed by atoms with E-state index in [-0.39, 0.29) is 5.82 Å². The van der Waals surface area contributed by atoms with Gasteiger partial charge < -0.3 is 5.32 Å². The average Bonchev–Trinajstić information content (AvgIpc) is 2.28. The maximum Gasteiger partial charge on any atom is 0.123 e. The lowest BCUT2D eigenvalue weighted by atomic mass is 10.0. The van der Waals surface area contributed by atoms with Crippen LogP contribution in [-0.4, -0.2) is 30.1 Å². The van der Waals surface area contributed by atoms with Gasteiger partial charge in [0.1, 0.15) is 5.82 Å². The molecule has 0 spiro atoms. The van der Waals surface area contributed by atoms with E-state index in [4.69, 9.17) is 0 Å². The molecule has 1 saturated heterocycles. The summed E-state index contributed by atoms with van der Waals surface area (Å²) in [5.74, 6) is -0.138. The van der Waals surface area contributed by atoms with Crippen molar-refractivity contribution in [2.24, 2.45) is 0 Å². The van der Waals surface area contributed by atoms with Crippen LogP contribution < -0.4 is 5.32 Å². The Morgan fingerprint density at radius 1 is 1.44 bits per heavy atom. The first-order valence-corrected chi connectivity index (χ1v) is 6.86. The highest BCUT2D eigenvalue weighted by Gasteiger charge is 2.20. The van der Waals surface area contributed by atoms with Crippen molar-refractivity contribution in [2.45, 2.75) is 45.3 Å². The molecule has 0 saturated carbocycles. The molecule has 1 atom stereocenters. The van der Waals surface area contributed by atoms with Gasteiger partial charge in [-0.1, -0.05) is 26.0 Å². The minimum Gasteiger partial charge on any atom is -0.311 e. The van der Waals surface area contributed by atoms with E-state index in [1.54, 1.807) is 12.1 Å². The highest BCUT2D eigenvalue weighted by molar-refractivity contribution is 5.16. The smallest absolute Gasteiger partial charge is 0.123 e. The number of piperidine rings is 1. The fourth-order valence-electron chi connectivity index (χ4n) is 2.70. The van der Waals surface area contributed by atoms with Gasteiger partial charge in [-0.25, -0.2) is 4.39 Å². The summed E-state index contributed by atoms with van der Waals surface area (Å²) in [4.78, 5) is 2.42. The molecule has 1 unspecified atom stereocenters. The first-order valence-electron chi connectivity index (χ1n) is 6.86. The SMILES string of the molecule is CC(C)NC1CCCN(Cc2cccc(F)c2)C1. The summed E-state index contributed by atoms with van der Waals surface area (Å²) in [7, 11) is 0. The summed E-state index contributed by atoms with van der Waals surface area (Å²) in [6.07, 6.45) is 2.47. The number of rotatable bonds is 4. The Morgan fingerprint density at radius 3 is 3.00 bits per heavy atom. The Hall–Kier alpha value is -0.930. The van der Waals surface area contributed by atoms with Gasteiger partial charge in [0.2, 0.25) is 0 Å². The number of halogens is 1. The molecule has 1 N–H and O–H groups in total. The van der Waals surface area contributed by atoms with E-state index >= 15 is 0 Å². The number of benzene rings is 1. The van der Waals surface area contributed by atoms with Gasteiger partial charge in [-0.3, -0.25) is 4.90 Å². The average molecular weight is 250 g/mol. The molecule has 1 fully saturated rings. The van der Waals surface area contributed by atoms with Crippen LogP contribution in [0.15, 0.2) is 24.3 Å². The molecule has 18 heavy (non-hydrogen) atoms. The second-order valence-electron chi connectivity index (χ2n) is 5.53. The van der Waals surface area contributed by atoms with Crippen molar-refractivity contribution in [2.75, 3.05) is 13.1 Å². The van der Waals surface area contributed by atoms with Crippen LogP contribution in [0.1, 0.15) is 32.3 Å². The van der Waals surface area contributed by atoms with Gasteiger partial charge in [0.25, 0.3) is 0 Å². The van der Waals surface area contributed by atoms with Crippen molar-refractivity contribution in [1.29, 1.82) is 0 Å². The monoisotopic (exact) mass is 250 g/mol. The largest absolute Gasteiger partial charge is 0.311 e. The van der Waals surface area contributed by atoms with E-state index < -0.39 is 0 Å². The Balaban J connectivity index is 1.89. The number of nitrogens with one attached hydrogen (secondary N) is 1. The van der Waals surface area contributed by atoms with E-state index in [0.29, 0.717) is 12.1 Å². The molecule has 0 bridgehead atoms. The molecule has 0 radical (unpaired) electrons. The lowest BCUT2D eigenvalue weighted by Gasteiger charge is -2.34. The maximum atomic E-state index is 13.1. The molecule has 2 nitrogen and oxygen atoms in total. The summed E-state index contributed by atoms with van der Waals surface area (Å²) >= 11 is 0. The van der Waals surface area contributed by atoms with Gasteiger partial charge >= 0.3 is 0 Å². The molecule has 3 heteroatoms. The highest BCUT2D eigenvalue weighted by atomic mass is 19.1. The number of nitrogens with zero attached hydrogens (tertiary/aromatic N) is 1. The van der Waals surface area contributed by atoms with Crippen molar-refractivity contribution >= 4 is 0 Å². The van der Waals surface area contributed by atoms with Crippen LogP contribution in [0.25, 0.3) is 0 Å². The fraction of sp³-hybridized carbons (Fsp3) is 0.600. The molecular formula is C15H23FN2. The van der Waals surface area contributed by atoms with Gasteiger partial charge in [-0.05, 0) is 37.1 Å². The number of hydrogen-bond acceptors (Lipinski definition) is 2. The van der Waals surface area contributed by atoms with Crippen molar-refractivity contribution in [1.82, 2.24) is 10.2 Å². The van der Waals surface area contributed by atoms with E-state index in [0.717, 1.165) is 25.2 Å². The molecule has 0 aliphatic carbocycles. The molecule has 1 aliphatic heterocycles. The van der Waals surface area contributed by atoms with Gasteiger partial charge in [-0.2, -0.15) is 0 Å². The van der Waals surface area contributed by atoms with E-state index in [2.05, 4.69) is 24.1 Å². The van der Waals surface area contributed by atoms with Gasteiger partial charge in [0.05, 0.1) is 0 Å². The Morgan fingerprint density at radius 2 is 2.28 bits per heavy atom. The second kappa shape index (κ2) is 6.30. The van der Waals surface area contributed by atoms with Gasteiger partial charge in [0, 0.05) is 25.2 Å². The van der Waals surface area contributed by atoms with Gasteiger partial charge in [-0.15, -0.1) is 0 Å². The maximum absolute atomic E-state index is 13.1. The quantitative estimate of drug-likeness (QED) is 0.884. The Kier molecular flexibility index (Phi) is 4.72. The standard InChI is InChI=1S/C15H23FN2/c1-12(2)17-15-7-4-8-18(11-15)10-13-5-3-6-14(16)9-13/h3,5-6,9,12,15,17H,4,7-8,10-11H2,1-2H3. The van der Waals surface area contributed by atoms with E-state index in [1.807, 2.05) is 6.07 Å². The van der Waals surface area contributed by atoms with Crippen LogP contribution in [0.5, 0.6) is 0 Å². The summed E-state index contributed by atoms with van der Waals surface area (Å²) in [5.41, 5.74) is 1.07. The van der Waals surface area contributed by atoms with Crippen molar-refractivity contribution in [3.63, 3.8) is 0 Å². The Labute approximate surface area is 109 Å². The zero-order chi connectivity index (χ0) is 13.0.